The first kappa shape index (κ1) is 25.1. The molecular formula is C17H25NO9S2. The molecule has 0 saturated carbocycles. The summed E-state index contributed by atoms with van der Waals surface area (Å²) in [7, 11) is 0. The van der Waals surface area contributed by atoms with Gasteiger partial charge in [-0.05, 0) is 30.9 Å². The third-order valence-electron chi connectivity index (χ3n) is 3.55. The molecule has 1 rings (SSSR count). The summed E-state index contributed by atoms with van der Waals surface area (Å²) in [6, 6.07) is -0.919. The van der Waals surface area contributed by atoms with Crippen molar-refractivity contribution in [2.45, 2.75) is 64.4 Å². The largest absolute Gasteiger partial charge is 0.479 e. The Kier molecular flexibility index (Phi) is 10.3. The molecule has 5 atom stereocenters. The van der Waals surface area contributed by atoms with E-state index in [9.17, 15) is 19.2 Å². The molecule has 0 aromatic heterocycles. The SMILES string of the molecule is CCOC(=S)S[C@@H]1O[C@H](COC(C)=O)[C@@H](OC(C)=O)[C@H](OC(C)=O)[C@H]1NC(C)=O. The molecule has 0 radical (unpaired) electrons. The number of carbonyl (C=O) groups is 4. The number of hydrogen-bond donors (Lipinski definition) is 1. The molecule has 1 aliphatic heterocycles. The van der Waals surface area contributed by atoms with E-state index in [1.807, 2.05) is 0 Å². The zero-order valence-electron chi connectivity index (χ0n) is 16.8. The van der Waals surface area contributed by atoms with Crippen LogP contribution in [0.1, 0.15) is 34.6 Å². The molecule has 29 heavy (non-hydrogen) atoms. The predicted molar refractivity (Wildman–Crippen MR) is 106 cm³/mol. The first-order chi connectivity index (χ1) is 13.5. The first-order valence-electron chi connectivity index (χ1n) is 8.78. The van der Waals surface area contributed by atoms with Crippen molar-refractivity contribution in [1.29, 1.82) is 0 Å². The lowest BCUT2D eigenvalue weighted by Gasteiger charge is -2.44. The molecule has 1 fully saturated rings. The fourth-order valence-corrected chi connectivity index (χ4v) is 3.98. The van der Waals surface area contributed by atoms with Gasteiger partial charge >= 0.3 is 17.9 Å². The number of thiocarbonyl (C=S) groups is 1. The Morgan fingerprint density at radius 1 is 0.966 bits per heavy atom. The minimum absolute atomic E-state index is 0.145. The van der Waals surface area contributed by atoms with Crippen LogP contribution in [0.2, 0.25) is 0 Å². The van der Waals surface area contributed by atoms with Crippen LogP contribution < -0.4 is 5.32 Å². The summed E-state index contributed by atoms with van der Waals surface area (Å²) in [6.07, 6.45) is -3.22. The summed E-state index contributed by atoms with van der Waals surface area (Å²) in [4.78, 5) is 46.4. The molecular weight excluding hydrogens is 426 g/mol. The minimum atomic E-state index is -1.13. The van der Waals surface area contributed by atoms with E-state index in [4.69, 9.17) is 35.9 Å². The monoisotopic (exact) mass is 451 g/mol. The van der Waals surface area contributed by atoms with Crippen molar-refractivity contribution >= 4 is 52.2 Å². The summed E-state index contributed by atoms with van der Waals surface area (Å²) in [5, 5.41) is 2.65. The first-order valence-corrected chi connectivity index (χ1v) is 10.1. The number of ether oxygens (including phenoxy) is 5. The fraction of sp³-hybridized carbons (Fsp3) is 0.706. The molecule has 1 saturated heterocycles. The van der Waals surface area contributed by atoms with Crippen LogP contribution in [0.4, 0.5) is 0 Å². The lowest BCUT2D eigenvalue weighted by atomic mass is 9.97. The van der Waals surface area contributed by atoms with Crippen molar-refractivity contribution in [2.24, 2.45) is 0 Å². The van der Waals surface area contributed by atoms with Gasteiger partial charge in [0.05, 0.1) is 6.61 Å². The van der Waals surface area contributed by atoms with E-state index in [1.165, 1.54) is 27.7 Å². The second-order valence-corrected chi connectivity index (χ2v) is 7.72. The third-order valence-corrected chi connectivity index (χ3v) is 4.90. The summed E-state index contributed by atoms with van der Waals surface area (Å²) in [5.74, 6) is -2.33. The predicted octanol–water partition coefficient (Wildman–Crippen LogP) is 0.697. The summed E-state index contributed by atoms with van der Waals surface area (Å²) in [5.41, 5.74) is -0.866. The molecule has 1 N–H and O–H groups in total. The molecule has 164 valence electrons. The van der Waals surface area contributed by atoms with Crippen molar-refractivity contribution in [3.8, 4) is 0 Å². The average Bonchev–Trinajstić information content (AvgIpc) is 2.57. The second kappa shape index (κ2) is 11.9. The summed E-state index contributed by atoms with van der Waals surface area (Å²) >= 11 is 6.13. The van der Waals surface area contributed by atoms with Gasteiger partial charge < -0.3 is 29.0 Å². The lowest BCUT2D eigenvalue weighted by Crippen LogP contribution is -2.65. The standard InChI is InChI=1S/C17H25NO9S2/c1-6-23-17(28)29-16-13(18-8(2)19)15(26-11(5)22)14(25-10(4)21)12(27-16)7-24-9(3)20/h12-16H,6-7H2,1-5H3,(H,18,19)/t12-,13-,14-,15-,16+/m1/s1. The maximum atomic E-state index is 11.8. The van der Waals surface area contributed by atoms with Crippen LogP contribution in [-0.4, -0.2) is 71.2 Å². The average molecular weight is 452 g/mol. The number of carbonyl (C=O) groups excluding carboxylic acids is 4. The maximum absolute atomic E-state index is 11.8. The molecule has 0 aromatic carbocycles. The van der Waals surface area contributed by atoms with Gasteiger partial charge in [-0.2, -0.15) is 0 Å². The van der Waals surface area contributed by atoms with E-state index in [2.05, 4.69) is 5.32 Å². The Morgan fingerprint density at radius 3 is 2.03 bits per heavy atom. The van der Waals surface area contributed by atoms with Crippen molar-refractivity contribution < 1.29 is 42.9 Å². The quantitative estimate of drug-likeness (QED) is 0.334. The van der Waals surface area contributed by atoms with Gasteiger partial charge in [-0.25, -0.2) is 0 Å². The highest BCUT2D eigenvalue weighted by Gasteiger charge is 2.51. The van der Waals surface area contributed by atoms with Crippen LogP contribution in [0.15, 0.2) is 0 Å². The Bertz CT molecular complexity index is 642. The molecule has 1 heterocycles. The molecule has 12 heteroatoms. The summed E-state index contributed by atoms with van der Waals surface area (Å²) < 4.78 is 27.0. The molecule has 0 aromatic rings. The van der Waals surface area contributed by atoms with E-state index in [0.717, 1.165) is 11.8 Å². The number of hydrogen-bond acceptors (Lipinski definition) is 11. The number of rotatable bonds is 7. The molecule has 0 bridgehead atoms. The van der Waals surface area contributed by atoms with Crippen LogP contribution >= 0.6 is 24.0 Å². The molecule has 0 unspecified atom stereocenters. The van der Waals surface area contributed by atoms with Crippen molar-refractivity contribution in [1.82, 2.24) is 5.32 Å². The van der Waals surface area contributed by atoms with Crippen LogP contribution in [0.25, 0.3) is 0 Å². The van der Waals surface area contributed by atoms with Gasteiger partial charge in [0, 0.05) is 27.7 Å². The van der Waals surface area contributed by atoms with Gasteiger partial charge in [0.25, 0.3) is 0 Å². The van der Waals surface area contributed by atoms with E-state index < -0.39 is 53.6 Å². The van der Waals surface area contributed by atoms with Crippen molar-refractivity contribution in [2.75, 3.05) is 13.2 Å². The second-order valence-electron chi connectivity index (χ2n) is 6.02. The molecule has 1 aliphatic rings. The molecule has 0 spiro atoms. The zero-order chi connectivity index (χ0) is 22.1. The number of thioether (sulfide) groups is 1. The van der Waals surface area contributed by atoms with Gasteiger partial charge in [-0.15, -0.1) is 0 Å². The zero-order valence-corrected chi connectivity index (χ0v) is 18.4. The highest BCUT2D eigenvalue weighted by molar-refractivity contribution is 8.22. The van der Waals surface area contributed by atoms with E-state index >= 15 is 0 Å². The smallest absolute Gasteiger partial charge is 0.303 e. The Balaban J connectivity index is 3.29. The molecule has 10 nitrogen and oxygen atoms in total. The normalized spacial score (nSPS) is 26.0. The van der Waals surface area contributed by atoms with Gasteiger partial charge in [0.1, 0.15) is 24.2 Å². The van der Waals surface area contributed by atoms with E-state index in [0.29, 0.717) is 6.61 Å². The van der Waals surface area contributed by atoms with Gasteiger partial charge in [-0.1, -0.05) is 0 Å². The van der Waals surface area contributed by atoms with Crippen LogP contribution in [0.5, 0.6) is 0 Å². The van der Waals surface area contributed by atoms with E-state index in [1.54, 1.807) is 6.92 Å². The Hall–Kier alpha value is -1.92. The highest BCUT2D eigenvalue weighted by Crippen LogP contribution is 2.33. The van der Waals surface area contributed by atoms with E-state index in [-0.39, 0.29) is 11.0 Å². The van der Waals surface area contributed by atoms with Crippen molar-refractivity contribution in [3.05, 3.63) is 0 Å². The lowest BCUT2D eigenvalue weighted by molar-refractivity contribution is -0.211. The van der Waals surface area contributed by atoms with Gasteiger partial charge in [-0.3, -0.25) is 19.2 Å². The number of amides is 1. The number of nitrogens with one attached hydrogen (secondary N) is 1. The molecule has 0 aliphatic carbocycles. The van der Waals surface area contributed by atoms with Crippen LogP contribution in [-0.2, 0) is 42.9 Å². The Labute approximate surface area is 178 Å². The highest BCUT2D eigenvalue weighted by atomic mass is 32.2. The minimum Gasteiger partial charge on any atom is -0.479 e. The third kappa shape index (κ3) is 8.54. The molecule has 1 amide bonds. The Morgan fingerprint density at radius 2 is 1.55 bits per heavy atom. The van der Waals surface area contributed by atoms with Crippen LogP contribution in [0, 0.1) is 0 Å². The topological polar surface area (TPSA) is 126 Å². The van der Waals surface area contributed by atoms with Gasteiger partial charge in [0.2, 0.25) is 10.3 Å². The number of esters is 3. The van der Waals surface area contributed by atoms with Crippen molar-refractivity contribution in [3.63, 3.8) is 0 Å². The summed E-state index contributed by atoms with van der Waals surface area (Å²) in [6.45, 7) is 6.65. The van der Waals surface area contributed by atoms with Gasteiger partial charge in [0.15, 0.2) is 12.2 Å². The maximum Gasteiger partial charge on any atom is 0.303 e. The van der Waals surface area contributed by atoms with Crippen LogP contribution in [0.3, 0.4) is 0 Å². The fourth-order valence-electron chi connectivity index (χ4n) is 2.64.